The zero-order chi connectivity index (χ0) is 18.3. The fraction of sp³-hybridized carbons (Fsp3) is 0.278. The molecule has 3 rings (SSSR count). The Kier molecular flexibility index (Phi) is 4.82. The number of nitrogens with two attached hydrogens (primary N) is 1. The van der Waals surface area contributed by atoms with E-state index in [9.17, 15) is 9.59 Å². The van der Waals surface area contributed by atoms with Crippen molar-refractivity contribution in [1.82, 2.24) is 9.88 Å². The molecule has 1 aliphatic rings. The van der Waals surface area contributed by atoms with Crippen LogP contribution in [0.4, 0.5) is 0 Å². The molecule has 0 radical (unpaired) electrons. The third-order valence-corrected chi connectivity index (χ3v) is 4.81. The molecule has 1 aromatic heterocycles. The molecule has 2 N–H and O–H groups in total. The number of halogens is 2. The number of ketones is 1. The van der Waals surface area contributed by atoms with Crippen LogP contribution in [0.25, 0.3) is 11.1 Å². The van der Waals surface area contributed by atoms with Gasteiger partial charge in [0.25, 0.3) is 5.91 Å². The summed E-state index contributed by atoms with van der Waals surface area (Å²) in [6, 6.07) is 5.22. The van der Waals surface area contributed by atoms with Gasteiger partial charge in [-0.15, -0.1) is 0 Å². The molecule has 130 valence electrons. The van der Waals surface area contributed by atoms with E-state index in [0.29, 0.717) is 28.0 Å². The van der Waals surface area contributed by atoms with Crippen molar-refractivity contribution in [2.45, 2.75) is 26.9 Å². The van der Waals surface area contributed by atoms with E-state index in [4.69, 9.17) is 28.9 Å². The van der Waals surface area contributed by atoms with Crippen LogP contribution in [0.15, 0.2) is 18.2 Å². The van der Waals surface area contributed by atoms with E-state index in [-0.39, 0.29) is 24.8 Å². The Hall–Kier alpha value is -1.95. The molecule has 2 heterocycles. The molecule has 0 aliphatic carbocycles. The number of rotatable bonds is 4. The molecular weight excluding hydrogens is 361 g/mol. The van der Waals surface area contributed by atoms with Gasteiger partial charge in [-0.3, -0.25) is 9.59 Å². The minimum absolute atomic E-state index is 0.0555. The van der Waals surface area contributed by atoms with Gasteiger partial charge in [0.1, 0.15) is 11.5 Å². The highest BCUT2D eigenvalue weighted by Gasteiger charge is 2.34. The summed E-state index contributed by atoms with van der Waals surface area (Å²) in [6.07, 6.45) is 0. The highest BCUT2D eigenvalue weighted by atomic mass is 35.5. The lowest BCUT2D eigenvalue weighted by Gasteiger charge is -2.17. The molecule has 25 heavy (non-hydrogen) atoms. The van der Waals surface area contributed by atoms with Gasteiger partial charge in [-0.25, -0.2) is 4.98 Å². The summed E-state index contributed by atoms with van der Waals surface area (Å²) in [5.41, 5.74) is 10.1. The van der Waals surface area contributed by atoms with Gasteiger partial charge in [-0.05, 0) is 37.1 Å². The van der Waals surface area contributed by atoms with Gasteiger partial charge in [0, 0.05) is 40.0 Å². The number of nitrogens with zero attached hydrogens (tertiary/aromatic N) is 2. The van der Waals surface area contributed by atoms with Crippen molar-refractivity contribution in [3.8, 4) is 11.1 Å². The summed E-state index contributed by atoms with van der Waals surface area (Å²) < 4.78 is 0. The van der Waals surface area contributed by atoms with Gasteiger partial charge in [0.05, 0.1) is 6.54 Å². The number of fused-ring (bicyclic) bond motifs is 1. The number of benzene rings is 1. The Morgan fingerprint density at radius 2 is 2.08 bits per heavy atom. The van der Waals surface area contributed by atoms with E-state index in [1.165, 1.54) is 11.8 Å². The fourth-order valence-corrected chi connectivity index (χ4v) is 3.69. The van der Waals surface area contributed by atoms with Crippen LogP contribution in [0.5, 0.6) is 0 Å². The maximum Gasteiger partial charge on any atom is 0.273 e. The van der Waals surface area contributed by atoms with E-state index in [2.05, 4.69) is 4.98 Å². The number of hydrogen-bond donors (Lipinski definition) is 1. The number of hydrogen-bond acceptors (Lipinski definition) is 4. The lowest BCUT2D eigenvalue weighted by Crippen LogP contribution is -2.29. The Morgan fingerprint density at radius 1 is 1.36 bits per heavy atom. The Bertz CT molecular complexity index is 896. The molecule has 2 aromatic rings. The maximum atomic E-state index is 12.6. The third kappa shape index (κ3) is 3.15. The molecule has 7 heteroatoms. The van der Waals surface area contributed by atoms with Gasteiger partial charge < -0.3 is 10.6 Å². The lowest BCUT2D eigenvalue weighted by atomic mass is 9.93. The zero-order valence-electron chi connectivity index (χ0n) is 13.9. The first-order chi connectivity index (χ1) is 11.8. The number of carbonyl (C=O) groups is 2. The lowest BCUT2D eigenvalue weighted by molar-refractivity contribution is -0.117. The summed E-state index contributed by atoms with van der Waals surface area (Å²) in [5.74, 6) is -0.328. The predicted molar refractivity (Wildman–Crippen MR) is 97.7 cm³/mol. The molecular formula is C18H17Cl2N3O2. The third-order valence-electron chi connectivity index (χ3n) is 4.26. The second kappa shape index (κ2) is 6.75. The van der Waals surface area contributed by atoms with E-state index in [1.807, 2.05) is 13.0 Å². The predicted octanol–water partition coefficient (Wildman–Crippen LogP) is 3.37. The molecule has 1 aromatic carbocycles. The number of Topliss-reactive ketones (excluding diaryl/α,β-unsaturated/α-hetero) is 1. The van der Waals surface area contributed by atoms with E-state index < -0.39 is 0 Å². The van der Waals surface area contributed by atoms with Crippen molar-refractivity contribution in [1.29, 1.82) is 0 Å². The monoisotopic (exact) mass is 377 g/mol. The molecule has 0 saturated heterocycles. The minimum Gasteiger partial charge on any atom is -0.326 e. The Labute approximate surface area is 155 Å². The SMILES string of the molecule is CC(=O)CN1Cc2c(nc(C)c(CN)c2-c2ccc(Cl)cc2Cl)C1=O. The number of aromatic nitrogens is 1. The largest absolute Gasteiger partial charge is 0.326 e. The zero-order valence-corrected chi connectivity index (χ0v) is 15.4. The van der Waals surface area contributed by atoms with Gasteiger partial charge in [-0.2, -0.15) is 0 Å². The van der Waals surface area contributed by atoms with E-state index in [1.54, 1.807) is 12.1 Å². The van der Waals surface area contributed by atoms with Crippen molar-refractivity contribution in [3.05, 3.63) is 50.8 Å². The fourth-order valence-electron chi connectivity index (χ4n) is 3.19. The van der Waals surface area contributed by atoms with Crippen LogP contribution in [0, 0.1) is 6.92 Å². The smallest absolute Gasteiger partial charge is 0.273 e. The second-order valence-electron chi connectivity index (χ2n) is 6.07. The van der Waals surface area contributed by atoms with Crippen LogP contribution in [0.1, 0.15) is 34.2 Å². The Balaban J connectivity index is 2.24. The molecule has 0 unspecified atom stereocenters. The minimum atomic E-state index is -0.247. The number of amides is 1. The average Bonchev–Trinajstić information content (AvgIpc) is 2.82. The van der Waals surface area contributed by atoms with Crippen LogP contribution in [0.2, 0.25) is 10.0 Å². The summed E-state index contributed by atoms with van der Waals surface area (Å²) in [6.45, 7) is 3.90. The second-order valence-corrected chi connectivity index (χ2v) is 6.91. The van der Waals surface area contributed by atoms with Gasteiger partial charge >= 0.3 is 0 Å². The standard InChI is InChI=1S/C18H17Cl2N3O2/c1-9(24)7-23-8-14-16(12-4-3-11(19)5-15(12)20)13(6-21)10(2)22-17(14)18(23)25/h3-5H,6-8,21H2,1-2H3. The maximum absolute atomic E-state index is 12.6. The van der Waals surface area contributed by atoms with Gasteiger partial charge in [0.15, 0.2) is 0 Å². The summed E-state index contributed by atoms with van der Waals surface area (Å²) in [7, 11) is 0. The van der Waals surface area contributed by atoms with E-state index >= 15 is 0 Å². The molecule has 1 aliphatic heterocycles. The average molecular weight is 378 g/mol. The quantitative estimate of drug-likeness (QED) is 0.885. The number of carbonyl (C=O) groups excluding carboxylic acids is 2. The summed E-state index contributed by atoms with van der Waals surface area (Å²) >= 11 is 12.4. The van der Waals surface area contributed by atoms with Crippen LogP contribution >= 0.6 is 23.2 Å². The number of aryl methyl sites for hydroxylation is 1. The molecule has 0 atom stereocenters. The van der Waals surface area contributed by atoms with Gasteiger partial charge in [-0.1, -0.05) is 29.3 Å². The van der Waals surface area contributed by atoms with Crippen LogP contribution < -0.4 is 5.73 Å². The first-order valence-corrected chi connectivity index (χ1v) is 8.55. The van der Waals surface area contributed by atoms with Crippen molar-refractivity contribution < 1.29 is 9.59 Å². The summed E-state index contributed by atoms with van der Waals surface area (Å²) in [4.78, 5) is 30.0. The highest BCUT2D eigenvalue weighted by molar-refractivity contribution is 6.36. The Morgan fingerprint density at radius 3 is 2.68 bits per heavy atom. The van der Waals surface area contributed by atoms with Crippen molar-refractivity contribution >= 4 is 34.9 Å². The van der Waals surface area contributed by atoms with Crippen molar-refractivity contribution in [2.75, 3.05) is 6.54 Å². The van der Waals surface area contributed by atoms with Crippen LogP contribution in [0.3, 0.4) is 0 Å². The molecule has 0 fully saturated rings. The molecule has 0 spiro atoms. The molecule has 0 bridgehead atoms. The van der Waals surface area contributed by atoms with Crippen molar-refractivity contribution in [3.63, 3.8) is 0 Å². The van der Waals surface area contributed by atoms with Crippen LogP contribution in [-0.4, -0.2) is 28.1 Å². The molecule has 5 nitrogen and oxygen atoms in total. The number of pyridine rings is 1. The topological polar surface area (TPSA) is 76.3 Å². The first-order valence-electron chi connectivity index (χ1n) is 7.80. The summed E-state index contributed by atoms with van der Waals surface area (Å²) in [5, 5.41) is 1.01. The van der Waals surface area contributed by atoms with Gasteiger partial charge in [0.2, 0.25) is 0 Å². The van der Waals surface area contributed by atoms with E-state index in [0.717, 1.165) is 22.3 Å². The van der Waals surface area contributed by atoms with Crippen LogP contribution in [-0.2, 0) is 17.9 Å². The normalized spacial score (nSPS) is 13.3. The highest BCUT2D eigenvalue weighted by Crippen LogP contribution is 2.39. The van der Waals surface area contributed by atoms with Crippen molar-refractivity contribution in [2.24, 2.45) is 5.73 Å². The molecule has 1 amide bonds. The first kappa shape index (κ1) is 17.9. The molecule has 0 saturated carbocycles.